The van der Waals surface area contributed by atoms with Gasteiger partial charge < -0.3 is 9.64 Å². The number of thiophene rings is 1. The minimum absolute atomic E-state index is 0.0401. The zero-order chi connectivity index (χ0) is 28.7. The molecule has 5 aromatic rings. The van der Waals surface area contributed by atoms with E-state index in [9.17, 15) is 9.59 Å². The Morgan fingerprint density at radius 3 is 2.19 bits per heavy atom. The Morgan fingerprint density at radius 1 is 0.762 bits per heavy atom. The number of aldehydes is 1. The first-order valence-corrected chi connectivity index (χ1v) is 15.1. The molecular formula is C36H32N2O3S. The van der Waals surface area contributed by atoms with Gasteiger partial charge >= 0.3 is 0 Å². The van der Waals surface area contributed by atoms with Crippen molar-refractivity contribution in [2.45, 2.75) is 19.0 Å². The number of para-hydroxylation sites is 2. The second-order valence-electron chi connectivity index (χ2n) is 10.5. The van der Waals surface area contributed by atoms with Crippen LogP contribution >= 0.6 is 11.3 Å². The van der Waals surface area contributed by atoms with Gasteiger partial charge in [-0.2, -0.15) is 0 Å². The molecule has 2 heterocycles. The average molecular weight is 573 g/mol. The number of carbonyl (C=O) groups excluding carboxylic acids is 2. The van der Waals surface area contributed by atoms with Gasteiger partial charge in [0.1, 0.15) is 11.5 Å². The molecule has 42 heavy (non-hydrogen) atoms. The van der Waals surface area contributed by atoms with Crippen molar-refractivity contribution < 1.29 is 14.3 Å². The summed E-state index contributed by atoms with van der Waals surface area (Å²) in [5, 5.41) is 1.97. The predicted molar refractivity (Wildman–Crippen MR) is 168 cm³/mol. The number of nitrogens with zero attached hydrogens (tertiary/aromatic N) is 2. The number of piperazine rings is 1. The van der Waals surface area contributed by atoms with Crippen molar-refractivity contribution in [2.75, 3.05) is 19.6 Å². The first-order chi connectivity index (χ1) is 20.7. The lowest BCUT2D eigenvalue weighted by Crippen LogP contribution is -2.55. The first kappa shape index (κ1) is 27.6. The SMILES string of the molecule is O=Cc1ccccc1Oc1ccccc1-c1ccsc1C(=O)N1CCN(Cc2ccccc2)CC1Cc1ccccc1. The number of carbonyl (C=O) groups is 2. The summed E-state index contributed by atoms with van der Waals surface area (Å²) in [6, 6.07) is 37.8. The molecule has 1 atom stereocenters. The topological polar surface area (TPSA) is 49.9 Å². The second-order valence-corrected chi connectivity index (χ2v) is 11.4. The van der Waals surface area contributed by atoms with Crippen molar-refractivity contribution in [3.05, 3.63) is 142 Å². The maximum Gasteiger partial charge on any atom is 0.264 e. The zero-order valence-corrected chi connectivity index (χ0v) is 24.1. The second kappa shape index (κ2) is 13.0. The first-order valence-electron chi connectivity index (χ1n) is 14.2. The van der Waals surface area contributed by atoms with Crippen LogP contribution in [0.25, 0.3) is 11.1 Å². The molecule has 1 unspecified atom stereocenters. The van der Waals surface area contributed by atoms with Gasteiger partial charge in [-0.3, -0.25) is 14.5 Å². The summed E-state index contributed by atoms with van der Waals surface area (Å²) >= 11 is 1.46. The summed E-state index contributed by atoms with van der Waals surface area (Å²) in [5.41, 5.74) is 4.65. The third kappa shape index (κ3) is 6.20. The van der Waals surface area contributed by atoms with Crippen LogP contribution in [0, 0.1) is 0 Å². The fourth-order valence-electron chi connectivity index (χ4n) is 5.62. The molecule has 4 aromatic carbocycles. The molecule has 1 amide bonds. The molecule has 1 saturated heterocycles. The Kier molecular flexibility index (Phi) is 8.54. The summed E-state index contributed by atoms with van der Waals surface area (Å²) in [6.45, 7) is 3.14. The molecule has 0 radical (unpaired) electrons. The van der Waals surface area contributed by atoms with E-state index in [1.54, 1.807) is 12.1 Å². The Morgan fingerprint density at radius 2 is 1.43 bits per heavy atom. The fraction of sp³-hybridized carbons (Fsp3) is 0.167. The number of benzene rings is 4. The van der Waals surface area contributed by atoms with Gasteiger partial charge in [-0.25, -0.2) is 0 Å². The van der Waals surface area contributed by atoms with Crippen LogP contribution in [0.15, 0.2) is 121 Å². The predicted octanol–water partition coefficient (Wildman–Crippen LogP) is 7.59. The van der Waals surface area contributed by atoms with Gasteiger partial charge in [0.25, 0.3) is 5.91 Å². The van der Waals surface area contributed by atoms with E-state index >= 15 is 0 Å². The molecule has 6 heteroatoms. The Bertz CT molecular complexity index is 1650. The number of hydrogen-bond acceptors (Lipinski definition) is 5. The number of rotatable bonds is 9. The highest BCUT2D eigenvalue weighted by molar-refractivity contribution is 7.12. The molecule has 1 aliphatic heterocycles. The molecule has 0 bridgehead atoms. The molecule has 1 aromatic heterocycles. The summed E-state index contributed by atoms with van der Waals surface area (Å²) in [4.78, 5) is 31.1. The van der Waals surface area contributed by atoms with Gasteiger partial charge in [-0.15, -0.1) is 11.3 Å². The van der Waals surface area contributed by atoms with E-state index in [4.69, 9.17) is 4.74 Å². The zero-order valence-electron chi connectivity index (χ0n) is 23.3. The third-order valence-electron chi connectivity index (χ3n) is 7.69. The van der Waals surface area contributed by atoms with Crippen molar-refractivity contribution in [2.24, 2.45) is 0 Å². The van der Waals surface area contributed by atoms with Crippen LogP contribution in [0.1, 0.15) is 31.2 Å². The molecular weight excluding hydrogens is 540 g/mol. The van der Waals surface area contributed by atoms with Crippen molar-refractivity contribution in [3.8, 4) is 22.6 Å². The average Bonchev–Trinajstić information content (AvgIpc) is 3.52. The summed E-state index contributed by atoms with van der Waals surface area (Å²) in [7, 11) is 0. The molecule has 0 N–H and O–H groups in total. The monoisotopic (exact) mass is 572 g/mol. The highest BCUT2D eigenvalue weighted by atomic mass is 32.1. The van der Waals surface area contributed by atoms with Gasteiger partial charge in [0, 0.05) is 43.3 Å². The molecule has 0 spiro atoms. The van der Waals surface area contributed by atoms with Crippen LogP contribution in [0.2, 0.25) is 0 Å². The largest absolute Gasteiger partial charge is 0.456 e. The van der Waals surface area contributed by atoms with Crippen molar-refractivity contribution in [1.29, 1.82) is 0 Å². The van der Waals surface area contributed by atoms with Crippen molar-refractivity contribution >= 4 is 23.5 Å². The van der Waals surface area contributed by atoms with Crippen LogP contribution in [0.4, 0.5) is 0 Å². The number of ether oxygens (including phenoxy) is 1. The van der Waals surface area contributed by atoms with Gasteiger partial charge in [-0.1, -0.05) is 91.0 Å². The van der Waals surface area contributed by atoms with E-state index in [1.165, 1.54) is 22.5 Å². The van der Waals surface area contributed by atoms with E-state index in [0.717, 1.165) is 43.5 Å². The lowest BCUT2D eigenvalue weighted by atomic mass is 10.00. The van der Waals surface area contributed by atoms with Crippen molar-refractivity contribution in [1.82, 2.24) is 9.80 Å². The Hall–Kier alpha value is -4.52. The van der Waals surface area contributed by atoms with E-state index in [2.05, 4.69) is 58.3 Å². The van der Waals surface area contributed by atoms with E-state index < -0.39 is 0 Å². The Labute approximate surface area is 250 Å². The summed E-state index contributed by atoms with van der Waals surface area (Å²) in [5.74, 6) is 1.14. The molecule has 6 rings (SSSR count). The molecule has 1 aliphatic rings. The smallest absolute Gasteiger partial charge is 0.264 e. The maximum atomic E-state index is 14.3. The minimum Gasteiger partial charge on any atom is -0.456 e. The standard InChI is InChI=1S/C36H32N2O3S/c39-26-29-15-7-9-17-33(29)41-34-18-10-8-16-31(34)32-19-22-42-35(32)36(40)38-21-20-37(24-28-13-5-2-6-14-28)25-30(38)23-27-11-3-1-4-12-27/h1-19,22,26,30H,20-21,23-25H2. The van der Waals surface area contributed by atoms with Gasteiger partial charge in [-0.05, 0) is 47.2 Å². The van der Waals surface area contributed by atoms with Gasteiger partial charge in [0.05, 0.1) is 10.4 Å². The van der Waals surface area contributed by atoms with Gasteiger partial charge in [0.2, 0.25) is 0 Å². The van der Waals surface area contributed by atoms with Crippen LogP contribution in [-0.2, 0) is 13.0 Å². The third-order valence-corrected chi connectivity index (χ3v) is 8.60. The van der Waals surface area contributed by atoms with E-state index in [0.29, 0.717) is 28.5 Å². The van der Waals surface area contributed by atoms with E-state index in [-0.39, 0.29) is 11.9 Å². The highest BCUT2D eigenvalue weighted by Crippen LogP contribution is 2.38. The quantitative estimate of drug-likeness (QED) is 0.171. The highest BCUT2D eigenvalue weighted by Gasteiger charge is 2.33. The molecule has 0 aliphatic carbocycles. The van der Waals surface area contributed by atoms with Crippen LogP contribution < -0.4 is 4.74 Å². The Balaban J connectivity index is 1.28. The molecule has 210 valence electrons. The lowest BCUT2D eigenvalue weighted by Gasteiger charge is -2.41. The molecule has 1 fully saturated rings. The maximum absolute atomic E-state index is 14.3. The molecule has 0 saturated carbocycles. The van der Waals surface area contributed by atoms with Crippen LogP contribution in [-0.4, -0.2) is 47.7 Å². The van der Waals surface area contributed by atoms with Gasteiger partial charge in [0.15, 0.2) is 6.29 Å². The van der Waals surface area contributed by atoms with Crippen LogP contribution in [0.5, 0.6) is 11.5 Å². The summed E-state index contributed by atoms with van der Waals surface area (Å²) in [6.07, 6.45) is 1.59. The minimum atomic E-state index is 0.0401. The molecule has 5 nitrogen and oxygen atoms in total. The van der Waals surface area contributed by atoms with Crippen LogP contribution in [0.3, 0.4) is 0 Å². The number of hydrogen-bond donors (Lipinski definition) is 0. The van der Waals surface area contributed by atoms with Crippen molar-refractivity contribution in [3.63, 3.8) is 0 Å². The summed E-state index contributed by atoms with van der Waals surface area (Å²) < 4.78 is 6.25. The number of amides is 1. The van der Waals surface area contributed by atoms with E-state index in [1.807, 2.05) is 60.0 Å². The normalized spacial score (nSPS) is 15.3. The fourth-order valence-corrected chi connectivity index (χ4v) is 6.48. The lowest BCUT2D eigenvalue weighted by molar-refractivity contribution is 0.0444.